The summed E-state index contributed by atoms with van der Waals surface area (Å²) in [6, 6.07) is 1.74. The van der Waals surface area contributed by atoms with Crippen molar-refractivity contribution in [1.82, 2.24) is 9.78 Å². The molecule has 0 aromatic carbocycles. The molecule has 14 heavy (non-hydrogen) atoms. The Bertz CT molecular complexity index is 334. The molecule has 0 saturated carbocycles. The molecule has 0 aliphatic rings. The Balaban J connectivity index is 3.08. The van der Waals surface area contributed by atoms with Crippen LogP contribution >= 0.6 is 0 Å². The molecule has 0 fully saturated rings. The van der Waals surface area contributed by atoms with Crippen LogP contribution in [0.3, 0.4) is 0 Å². The van der Waals surface area contributed by atoms with Gasteiger partial charge in [0.05, 0.1) is 0 Å². The van der Waals surface area contributed by atoms with E-state index in [1.54, 1.807) is 16.9 Å². The average molecular weight is 196 g/mol. The van der Waals surface area contributed by atoms with Gasteiger partial charge in [0.2, 0.25) is 5.78 Å². The van der Waals surface area contributed by atoms with Crippen LogP contribution in [-0.4, -0.2) is 26.3 Å². The summed E-state index contributed by atoms with van der Waals surface area (Å²) in [6.07, 6.45) is 1.57. The fourth-order valence-corrected chi connectivity index (χ4v) is 1.22. The third kappa shape index (κ3) is 2.01. The van der Waals surface area contributed by atoms with Crippen LogP contribution in [0.2, 0.25) is 0 Å². The van der Waals surface area contributed by atoms with Gasteiger partial charge in [0.1, 0.15) is 11.3 Å². The number of Topliss-reactive ketones (excluding diaryl/α,β-unsaturated/α-hetero) is 1. The van der Waals surface area contributed by atoms with Gasteiger partial charge in [-0.15, -0.1) is 0 Å². The molecule has 0 spiro atoms. The number of rotatable bonds is 3. The Morgan fingerprint density at radius 1 is 1.57 bits per heavy atom. The number of ketones is 1. The molecular formula is C10H16N2O2. The van der Waals surface area contributed by atoms with E-state index >= 15 is 0 Å². The van der Waals surface area contributed by atoms with Crippen molar-refractivity contribution in [3.05, 3.63) is 18.0 Å². The molecule has 1 heterocycles. The molecule has 1 N–H and O–H groups in total. The van der Waals surface area contributed by atoms with Crippen molar-refractivity contribution in [2.75, 3.05) is 0 Å². The van der Waals surface area contributed by atoms with Crippen molar-refractivity contribution >= 4 is 5.78 Å². The van der Waals surface area contributed by atoms with Crippen LogP contribution in [0.15, 0.2) is 12.3 Å². The van der Waals surface area contributed by atoms with Crippen LogP contribution in [-0.2, 0) is 0 Å². The van der Waals surface area contributed by atoms with Crippen molar-refractivity contribution in [2.45, 2.75) is 39.3 Å². The van der Waals surface area contributed by atoms with Gasteiger partial charge >= 0.3 is 0 Å². The van der Waals surface area contributed by atoms with Crippen LogP contribution in [0.1, 0.15) is 44.2 Å². The number of nitrogens with zero attached hydrogens (tertiary/aromatic N) is 2. The van der Waals surface area contributed by atoms with Crippen molar-refractivity contribution in [2.24, 2.45) is 0 Å². The van der Waals surface area contributed by atoms with E-state index in [1.807, 2.05) is 13.8 Å². The fraction of sp³-hybridized carbons (Fsp3) is 0.600. The molecule has 4 heteroatoms. The van der Waals surface area contributed by atoms with Crippen LogP contribution in [0.4, 0.5) is 0 Å². The van der Waals surface area contributed by atoms with E-state index in [4.69, 9.17) is 0 Å². The molecule has 4 nitrogen and oxygen atoms in total. The molecule has 0 atom stereocenters. The maximum atomic E-state index is 11.7. The first-order valence-corrected chi connectivity index (χ1v) is 4.64. The van der Waals surface area contributed by atoms with E-state index in [2.05, 4.69) is 5.10 Å². The summed E-state index contributed by atoms with van der Waals surface area (Å²) in [6.45, 7) is 6.84. The van der Waals surface area contributed by atoms with Crippen LogP contribution < -0.4 is 0 Å². The van der Waals surface area contributed by atoms with E-state index in [9.17, 15) is 9.90 Å². The Hall–Kier alpha value is -1.16. The van der Waals surface area contributed by atoms with Gasteiger partial charge in [-0.25, -0.2) is 0 Å². The Kier molecular flexibility index (Phi) is 2.76. The van der Waals surface area contributed by atoms with Crippen molar-refractivity contribution < 1.29 is 9.90 Å². The smallest absolute Gasteiger partial charge is 0.211 e. The molecule has 1 aromatic rings. The van der Waals surface area contributed by atoms with E-state index in [0.29, 0.717) is 5.69 Å². The van der Waals surface area contributed by atoms with Gasteiger partial charge in [-0.05, 0) is 33.8 Å². The van der Waals surface area contributed by atoms with Crippen LogP contribution in [0.25, 0.3) is 0 Å². The van der Waals surface area contributed by atoms with E-state index in [0.717, 1.165) is 0 Å². The number of hydrogen-bond donors (Lipinski definition) is 1. The van der Waals surface area contributed by atoms with Crippen molar-refractivity contribution in [1.29, 1.82) is 0 Å². The molecule has 0 radical (unpaired) electrons. The lowest BCUT2D eigenvalue weighted by Crippen LogP contribution is -2.33. The maximum absolute atomic E-state index is 11.7. The summed E-state index contributed by atoms with van der Waals surface area (Å²) >= 11 is 0. The predicted octanol–water partition coefficient (Wildman–Crippen LogP) is 1.42. The maximum Gasteiger partial charge on any atom is 0.211 e. The van der Waals surface area contributed by atoms with Gasteiger partial charge in [-0.3, -0.25) is 9.48 Å². The Labute approximate surface area is 83.5 Å². The summed E-state index contributed by atoms with van der Waals surface area (Å²) in [4.78, 5) is 11.7. The molecule has 0 unspecified atom stereocenters. The lowest BCUT2D eigenvalue weighted by molar-refractivity contribution is 0.0474. The molecule has 1 rings (SSSR count). The van der Waals surface area contributed by atoms with Crippen LogP contribution in [0.5, 0.6) is 0 Å². The Morgan fingerprint density at radius 3 is 2.57 bits per heavy atom. The van der Waals surface area contributed by atoms with Gasteiger partial charge in [0.15, 0.2) is 0 Å². The minimum atomic E-state index is -1.34. The lowest BCUT2D eigenvalue weighted by Gasteiger charge is -2.17. The molecule has 0 aliphatic heterocycles. The monoisotopic (exact) mass is 196 g/mol. The van der Waals surface area contributed by atoms with E-state index < -0.39 is 5.60 Å². The number of carbonyl (C=O) groups is 1. The molecule has 1 aromatic heterocycles. The quantitative estimate of drug-likeness (QED) is 0.744. The third-order valence-corrected chi connectivity index (χ3v) is 1.95. The first kappa shape index (κ1) is 10.9. The van der Waals surface area contributed by atoms with Gasteiger partial charge in [-0.1, -0.05) is 0 Å². The topological polar surface area (TPSA) is 55.1 Å². The third-order valence-electron chi connectivity index (χ3n) is 1.95. The zero-order chi connectivity index (χ0) is 10.9. The number of aromatic nitrogens is 2. The van der Waals surface area contributed by atoms with Crippen molar-refractivity contribution in [3.63, 3.8) is 0 Å². The zero-order valence-corrected chi connectivity index (χ0v) is 8.98. The minimum Gasteiger partial charge on any atom is -0.382 e. The average Bonchev–Trinajstić information content (AvgIpc) is 2.48. The second kappa shape index (κ2) is 3.53. The van der Waals surface area contributed by atoms with Gasteiger partial charge in [0.25, 0.3) is 0 Å². The minimum absolute atomic E-state index is 0.117. The second-order valence-electron chi connectivity index (χ2n) is 4.14. The lowest BCUT2D eigenvalue weighted by atomic mass is 10.0. The highest BCUT2D eigenvalue weighted by atomic mass is 16.3. The highest BCUT2D eigenvalue weighted by molar-refractivity contribution is 6.00. The standard InChI is InChI=1S/C10H16N2O2/c1-7(2)12-8(5-6-11-12)9(13)10(3,4)14/h5-7,14H,1-4H3. The number of aliphatic hydroxyl groups is 1. The molecular weight excluding hydrogens is 180 g/mol. The Morgan fingerprint density at radius 2 is 2.14 bits per heavy atom. The van der Waals surface area contributed by atoms with Gasteiger partial charge < -0.3 is 5.11 Å². The number of carbonyl (C=O) groups excluding carboxylic acids is 1. The highest BCUT2D eigenvalue weighted by Crippen LogP contribution is 2.15. The fourth-order valence-electron chi connectivity index (χ4n) is 1.22. The molecule has 0 bridgehead atoms. The second-order valence-corrected chi connectivity index (χ2v) is 4.14. The van der Waals surface area contributed by atoms with Gasteiger partial charge in [-0.2, -0.15) is 5.10 Å². The van der Waals surface area contributed by atoms with Crippen LogP contribution in [0, 0.1) is 0 Å². The first-order chi connectivity index (χ1) is 6.34. The zero-order valence-electron chi connectivity index (χ0n) is 8.98. The molecule has 0 aliphatic carbocycles. The van der Waals surface area contributed by atoms with Crippen molar-refractivity contribution in [3.8, 4) is 0 Å². The normalized spacial score (nSPS) is 12.1. The van der Waals surface area contributed by atoms with E-state index in [1.165, 1.54) is 13.8 Å². The van der Waals surface area contributed by atoms with Gasteiger partial charge in [0, 0.05) is 12.2 Å². The summed E-state index contributed by atoms with van der Waals surface area (Å²) in [7, 11) is 0. The van der Waals surface area contributed by atoms with E-state index in [-0.39, 0.29) is 11.8 Å². The predicted molar refractivity (Wildman–Crippen MR) is 53.2 cm³/mol. The summed E-state index contributed by atoms with van der Waals surface area (Å²) in [5.41, 5.74) is -0.889. The first-order valence-electron chi connectivity index (χ1n) is 4.64. The number of hydrogen-bond acceptors (Lipinski definition) is 3. The molecule has 78 valence electrons. The highest BCUT2D eigenvalue weighted by Gasteiger charge is 2.28. The summed E-state index contributed by atoms with van der Waals surface area (Å²) in [5, 5.41) is 13.6. The largest absolute Gasteiger partial charge is 0.382 e. The summed E-state index contributed by atoms with van der Waals surface area (Å²) in [5.74, 6) is -0.302. The SMILES string of the molecule is CC(C)n1nccc1C(=O)C(C)(C)O. The summed E-state index contributed by atoms with van der Waals surface area (Å²) < 4.78 is 1.61. The molecule has 0 amide bonds. The molecule has 0 saturated heterocycles.